The van der Waals surface area contributed by atoms with E-state index in [-0.39, 0.29) is 0 Å². The average Bonchev–Trinajstić information content (AvgIpc) is 3.22. The number of benzene rings is 1. The van der Waals surface area contributed by atoms with Crippen LogP contribution in [-0.4, -0.2) is 19.7 Å². The van der Waals surface area contributed by atoms with E-state index in [9.17, 15) is 0 Å². The Morgan fingerprint density at radius 2 is 2.17 bits per heavy atom. The normalized spacial score (nSPS) is 23.9. The fourth-order valence-electron chi connectivity index (χ4n) is 2.58. The van der Waals surface area contributed by atoms with Gasteiger partial charge in [0.15, 0.2) is 0 Å². The molecule has 1 aliphatic carbocycles. The van der Waals surface area contributed by atoms with Gasteiger partial charge in [-0.1, -0.05) is 15.9 Å². The second-order valence-electron chi connectivity index (χ2n) is 5.48. The Balaban J connectivity index is 1.77. The topological polar surface area (TPSA) is 21.3 Å². The highest BCUT2D eigenvalue weighted by molar-refractivity contribution is 9.10. The molecule has 1 heterocycles. The highest BCUT2D eigenvalue weighted by atomic mass is 79.9. The van der Waals surface area contributed by atoms with Crippen LogP contribution in [0.15, 0.2) is 22.7 Å². The van der Waals surface area contributed by atoms with Gasteiger partial charge in [-0.3, -0.25) is 0 Å². The van der Waals surface area contributed by atoms with Gasteiger partial charge >= 0.3 is 0 Å². The molecule has 1 atom stereocenters. The second-order valence-corrected chi connectivity index (χ2v) is 6.40. The fraction of sp³-hybridized carbons (Fsp3) is 0.600. The molecule has 3 rings (SSSR count). The first-order valence-corrected chi connectivity index (χ1v) is 7.75. The van der Waals surface area contributed by atoms with Crippen LogP contribution in [0, 0.1) is 5.92 Å². The van der Waals surface area contributed by atoms with Crippen molar-refractivity contribution >= 4 is 15.9 Å². The Kier molecular flexibility index (Phi) is 3.90. The first-order valence-electron chi connectivity index (χ1n) is 6.96. The lowest BCUT2D eigenvalue weighted by atomic mass is 9.91. The second kappa shape index (κ2) is 5.62. The van der Waals surface area contributed by atoms with E-state index in [4.69, 9.17) is 4.74 Å². The number of hydrogen-bond acceptors (Lipinski definition) is 2. The Morgan fingerprint density at radius 3 is 2.89 bits per heavy atom. The van der Waals surface area contributed by atoms with Gasteiger partial charge in [-0.2, -0.15) is 0 Å². The molecule has 2 aliphatic rings. The molecular weight excluding hydrogens is 290 g/mol. The summed E-state index contributed by atoms with van der Waals surface area (Å²) in [6.07, 6.45) is 5.22. The molecule has 1 aromatic carbocycles. The van der Waals surface area contributed by atoms with Crippen LogP contribution >= 0.6 is 15.9 Å². The van der Waals surface area contributed by atoms with Crippen molar-refractivity contribution in [2.24, 2.45) is 5.92 Å². The number of halogens is 1. The maximum Gasteiger partial charge on any atom is 0.122 e. The Bertz CT molecular complexity index is 411. The molecule has 0 spiro atoms. The van der Waals surface area contributed by atoms with Crippen molar-refractivity contribution in [3.8, 4) is 5.75 Å². The largest absolute Gasteiger partial charge is 0.493 e. The first kappa shape index (κ1) is 12.5. The van der Waals surface area contributed by atoms with Gasteiger partial charge in [-0.15, -0.1) is 0 Å². The lowest BCUT2D eigenvalue weighted by Crippen LogP contribution is -2.28. The molecule has 1 unspecified atom stereocenters. The molecule has 2 fully saturated rings. The van der Waals surface area contributed by atoms with Crippen LogP contribution in [-0.2, 0) is 0 Å². The monoisotopic (exact) mass is 309 g/mol. The maximum atomic E-state index is 6.02. The van der Waals surface area contributed by atoms with Crippen molar-refractivity contribution in [3.63, 3.8) is 0 Å². The number of nitrogens with one attached hydrogen (secondary N) is 1. The van der Waals surface area contributed by atoms with Gasteiger partial charge in [0.25, 0.3) is 0 Å². The van der Waals surface area contributed by atoms with Gasteiger partial charge in [0.05, 0.1) is 6.61 Å². The van der Waals surface area contributed by atoms with Crippen LogP contribution in [0.1, 0.15) is 37.2 Å². The lowest BCUT2D eigenvalue weighted by Gasteiger charge is -2.25. The summed E-state index contributed by atoms with van der Waals surface area (Å²) in [4.78, 5) is 0. The highest BCUT2D eigenvalue weighted by Crippen LogP contribution is 2.35. The zero-order chi connectivity index (χ0) is 12.4. The molecule has 2 nitrogen and oxygen atoms in total. The molecule has 18 heavy (non-hydrogen) atoms. The lowest BCUT2D eigenvalue weighted by molar-refractivity contribution is 0.292. The summed E-state index contributed by atoms with van der Waals surface area (Å²) in [6, 6.07) is 6.44. The third-order valence-corrected chi connectivity index (χ3v) is 4.37. The maximum absolute atomic E-state index is 6.02. The Morgan fingerprint density at radius 1 is 1.28 bits per heavy atom. The summed E-state index contributed by atoms with van der Waals surface area (Å²) in [5.74, 6) is 2.51. The van der Waals surface area contributed by atoms with Crippen LogP contribution in [0.2, 0.25) is 0 Å². The van der Waals surface area contributed by atoms with Gasteiger partial charge < -0.3 is 10.1 Å². The summed E-state index contributed by atoms with van der Waals surface area (Å²) >= 11 is 3.58. The van der Waals surface area contributed by atoms with E-state index in [1.807, 2.05) is 0 Å². The van der Waals surface area contributed by atoms with E-state index in [1.165, 1.54) is 31.2 Å². The molecule has 1 aliphatic heterocycles. The summed E-state index contributed by atoms with van der Waals surface area (Å²) in [5, 5.41) is 3.49. The van der Waals surface area contributed by atoms with E-state index >= 15 is 0 Å². The third kappa shape index (κ3) is 3.07. The molecule has 0 bridgehead atoms. The van der Waals surface area contributed by atoms with Crippen molar-refractivity contribution in [1.82, 2.24) is 5.32 Å². The molecule has 1 aromatic rings. The number of piperidine rings is 1. The predicted octanol–water partition coefficient (Wildman–Crippen LogP) is 3.70. The fourth-order valence-corrected chi connectivity index (χ4v) is 2.96. The van der Waals surface area contributed by atoms with E-state index < -0.39 is 0 Å². The highest BCUT2D eigenvalue weighted by Gasteiger charge is 2.24. The number of ether oxygens (including phenoxy) is 1. The molecular formula is C15H20BrNO. The Hall–Kier alpha value is -0.540. The molecule has 1 saturated heterocycles. The van der Waals surface area contributed by atoms with Crippen molar-refractivity contribution in [1.29, 1.82) is 0 Å². The molecule has 1 N–H and O–H groups in total. The van der Waals surface area contributed by atoms with Crippen molar-refractivity contribution < 1.29 is 4.74 Å². The third-order valence-electron chi connectivity index (χ3n) is 3.88. The SMILES string of the molecule is Brc1ccc(OCC2CC2)c(C2CCCNC2)c1. The average molecular weight is 310 g/mol. The van der Waals surface area contributed by atoms with Crippen LogP contribution in [0.25, 0.3) is 0 Å². The summed E-state index contributed by atoms with van der Waals surface area (Å²) in [7, 11) is 0. The summed E-state index contributed by atoms with van der Waals surface area (Å²) in [6.45, 7) is 3.13. The number of rotatable bonds is 4. The predicted molar refractivity (Wildman–Crippen MR) is 77.2 cm³/mol. The van der Waals surface area contributed by atoms with Crippen LogP contribution in [0.3, 0.4) is 0 Å². The zero-order valence-corrected chi connectivity index (χ0v) is 12.2. The van der Waals surface area contributed by atoms with Gasteiger partial charge in [0, 0.05) is 16.9 Å². The quantitative estimate of drug-likeness (QED) is 0.915. The van der Waals surface area contributed by atoms with Crippen molar-refractivity contribution in [2.45, 2.75) is 31.6 Å². The molecule has 1 saturated carbocycles. The summed E-state index contributed by atoms with van der Waals surface area (Å²) in [5.41, 5.74) is 1.37. The molecule has 3 heteroatoms. The minimum absolute atomic E-state index is 0.602. The van der Waals surface area contributed by atoms with E-state index in [0.717, 1.165) is 35.8 Å². The number of hydrogen-bond donors (Lipinski definition) is 1. The minimum Gasteiger partial charge on any atom is -0.493 e. The van der Waals surface area contributed by atoms with E-state index in [2.05, 4.69) is 39.4 Å². The molecule has 98 valence electrons. The first-order chi connectivity index (χ1) is 8.83. The van der Waals surface area contributed by atoms with E-state index in [1.54, 1.807) is 0 Å². The Labute approximate surface area is 117 Å². The van der Waals surface area contributed by atoms with E-state index in [0.29, 0.717) is 5.92 Å². The van der Waals surface area contributed by atoms with Crippen LogP contribution in [0.4, 0.5) is 0 Å². The zero-order valence-electron chi connectivity index (χ0n) is 10.6. The summed E-state index contributed by atoms with van der Waals surface area (Å²) < 4.78 is 7.18. The molecule has 0 amide bonds. The van der Waals surface area contributed by atoms with Gasteiger partial charge in [-0.25, -0.2) is 0 Å². The van der Waals surface area contributed by atoms with Crippen molar-refractivity contribution in [2.75, 3.05) is 19.7 Å². The van der Waals surface area contributed by atoms with Gasteiger partial charge in [0.1, 0.15) is 5.75 Å². The minimum atomic E-state index is 0.602. The van der Waals surface area contributed by atoms with Crippen LogP contribution in [0.5, 0.6) is 5.75 Å². The molecule has 0 aromatic heterocycles. The molecule has 0 radical (unpaired) electrons. The van der Waals surface area contributed by atoms with Crippen LogP contribution < -0.4 is 10.1 Å². The standard InChI is InChI=1S/C15H20BrNO/c16-13-5-6-15(18-10-11-3-4-11)14(8-13)12-2-1-7-17-9-12/h5-6,8,11-12,17H,1-4,7,9-10H2. The van der Waals surface area contributed by atoms with Gasteiger partial charge in [0.2, 0.25) is 0 Å². The van der Waals surface area contributed by atoms with Crippen molar-refractivity contribution in [3.05, 3.63) is 28.2 Å². The smallest absolute Gasteiger partial charge is 0.122 e. The van der Waals surface area contributed by atoms with Gasteiger partial charge in [-0.05, 0) is 61.9 Å².